The molecule has 7 rings (SSSR count). The van der Waals surface area contributed by atoms with Gasteiger partial charge in [-0.25, -0.2) is 9.38 Å². The molecule has 0 saturated carbocycles. The number of hydrogen-bond donors (Lipinski definition) is 1. The Hall–Kier alpha value is -4.86. The van der Waals surface area contributed by atoms with E-state index in [1.54, 1.807) is 16.7 Å². The van der Waals surface area contributed by atoms with Gasteiger partial charge in [0.25, 0.3) is 11.5 Å². The number of nitrogens with one attached hydrogen (secondary N) is 1. The molecule has 3 aromatic carbocycles. The van der Waals surface area contributed by atoms with E-state index >= 15 is 0 Å². The molecule has 1 atom stereocenters. The molecule has 0 aliphatic carbocycles. The SMILES string of the molecule is CC1=C(C(=O)Nc2ccccc2)C(c2cccs2)n2c(sc(=Cc3cn(Cc4ccccc4F)c4ccccc34)c2=O)=N1. The molecule has 1 unspecified atom stereocenters. The van der Waals surface area contributed by atoms with E-state index in [1.807, 2.05) is 102 Å². The molecule has 9 heteroatoms. The Morgan fingerprint density at radius 3 is 2.56 bits per heavy atom. The van der Waals surface area contributed by atoms with E-state index in [-0.39, 0.29) is 17.3 Å². The van der Waals surface area contributed by atoms with Crippen molar-refractivity contribution in [2.24, 2.45) is 4.99 Å². The molecule has 1 aliphatic rings. The van der Waals surface area contributed by atoms with Gasteiger partial charge in [0.2, 0.25) is 0 Å². The molecule has 0 fully saturated rings. The third-order valence-corrected chi connectivity index (χ3v) is 9.42. The highest BCUT2D eigenvalue weighted by atomic mass is 32.1. The summed E-state index contributed by atoms with van der Waals surface area (Å²) in [5.74, 6) is -0.553. The molecule has 43 heavy (non-hydrogen) atoms. The second-order valence-electron chi connectivity index (χ2n) is 10.2. The van der Waals surface area contributed by atoms with Crippen LogP contribution in [0.3, 0.4) is 0 Å². The van der Waals surface area contributed by atoms with E-state index < -0.39 is 6.04 Å². The molecule has 6 nitrogen and oxygen atoms in total. The minimum atomic E-state index is -0.607. The van der Waals surface area contributed by atoms with E-state index in [2.05, 4.69) is 5.32 Å². The molecule has 4 heterocycles. The fraction of sp³-hybridized carbons (Fsp3) is 0.0882. The molecular weight excluding hydrogens is 580 g/mol. The Balaban J connectivity index is 1.34. The van der Waals surface area contributed by atoms with Crippen molar-refractivity contribution >= 4 is 51.2 Å². The van der Waals surface area contributed by atoms with E-state index in [9.17, 15) is 14.0 Å². The average molecular weight is 605 g/mol. The summed E-state index contributed by atoms with van der Waals surface area (Å²) in [5.41, 5.74) is 3.84. The van der Waals surface area contributed by atoms with Crippen molar-refractivity contribution in [3.05, 3.63) is 155 Å². The maximum atomic E-state index is 14.5. The topological polar surface area (TPSA) is 68.4 Å². The van der Waals surface area contributed by atoms with Gasteiger partial charge < -0.3 is 9.88 Å². The number of carbonyl (C=O) groups excluding carboxylic acids is 1. The molecule has 0 bridgehead atoms. The minimum Gasteiger partial charge on any atom is -0.342 e. The van der Waals surface area contributed by atoms with E-state index in [1.165, 1.54) is 28.7 Å². The highest BCUT2D eigenvalue weighted by Gasteiger charge is 2.33. The molecule has 1 amide bonds. The van der Waals surface area contributed by atoms with Crippen molar-refractivity contribution in [2.45, 2.75) is 19.5 Å². The van der Waals surface area contributed by atoms with Crippen molar-refractivity contribution in [1.29, 1.82) is 0 Å². The number of thiazole rings is 1. The molecule has 0 spiro atoms. The number of fused-ring (bicyclic) bond motifs is 2. The first-order valence-electron chi connectivity index (χ1n) is 13.7. The summed E-state index contributed by atoms with van der Waals surface area (Å²) in [5, 5.41) is 5.88. The van der Waals surface area contributed by atoms with Crippen LogP contribution in [0.15, 0.2) is 124 Å². The van der Waals surface area contributed by atoms with Crippen LogP contribution in [0.5, 0.6) is 0 Å². The number of anilines is 1. The maximum Gasteiger partial charge on any atom is 0.271 e. The fourth-order valence-electron chi connectivity index (χ4n) is 5.52. The predicted molar refractivity (Wildman–Crippen MR) is 171 cm³/mol. The molecule has 1 aliphatic heterocycles. The largest absolute Gasteiger partial charge is 0.342 e. The van der Waals surface area contributed by atoms with E-state index in [0.717, 1.165) is 21.3 Å². The van der Waals surface area contributed by atoms with Crippen molar-refractivity contribution in [3.63, 3.8) is 0 Å². The Morgan fingerprint density at radius 2 is 1.77 bits per heavy atom. The summed E-state index contributed by atoms with van der Waals surface area (Å²) >= 11 is 2.80. The van der Waals surface area contributed by atoms with Crippen LogP contribution in [-0.4, -0.2) is 15.0 Å². The second kappa shape index (κ2) is 11.1. The molecule has 3 aromatic heterocycles. The Morgan fingerprint density at radius 1 is 1.00 bits per heavy atom. The first-order chi connectivity index (χ1) is 21.0. The third kappa shape index (κ3) is 4.96. The van der Waals surface area contributed by atoms with Crippen LogP contribution < -0.4 is 20.2 Å². The molecule has 1 N–H and O–H groups in total. The monoisotopic (exact) mass is 604 g/mol. The maximum absolute atomic E-state index is 14.5. The van der Waals surface area contributed by atoms with Crippen LogP contribution in [0.2, 0.25) is 0 Å². The van der Waals surface area contributed by atoms with Gasteiger partial charge in [0, 0.05) is 38.8 Å². The summed E-state index contributed by atoms with van der Waals surface area (Å²) in [6, 6.07) is 27.1. The van der Waals surface area contributed by atoms with Crippen LogP contribution in [0.25, 0.3) is 17.0 Å². The first kappa shape index (κ1) is 27.0. The number of carbonyl (C=O) groups is 1. The van der Waals surface area contributed by atoms with Crippen molar-refractivity contribution < 1.29 is 9.18 Å². The number of halogens is 1. The van der Waals surface area contributed by atoms with Gasteiger partial charge in [-0.1, -0.05) is 72.0 Å². The number of rotatable bonds is 6. The Labute approximate surface area is 254 Å². The highest BCUT2D eigenvalue weighted by molar-refractivity contribution is 7.10. The standard InChI is InChI=1S/C34H25FN4O2S2/c1-21-30(32(40)37-24-11-3-2-4-12-24)31(28-16-9-17-42-28)39-33(41)29(43-34(39)36-21)18-23-20-38(27-15-8-6-13-25(23)27)19-22-10-5-7-14-26(22)35/h2-18,20,31H,19H2,1H3,(H,37,40). The summed E-state index contributed by atoms with van der Waals surface area (Å²) in [7, 11) is 0. The normalized spacial score (nSPS) is 15.0. The zero-order valence-electron chi connectivity index (χ0n) is 23.0. The number of benzene rings is 3. The Bertz CT molecular complexity index is 2210. The summed E-state index contributed by atoms with van der Waals surface area (Å²) in [6.07, 6.45) is 3.83. The van der Waals surface area contributed by atoms with Gasteiger partial charge in [-0.3, -0.25) is 14.2 Å². The number of hydrogen-bond acceptors (Lipinski definition) is 5. The lowest BCUT2D eigenvalue weighted by molar-refractivity contribution is -0.113. The van der Waals surface area contributed by atoms with Crippen LogP contribution in [0.1, 0.15) is 29.0 Å². The van der Waals surface area contributed by atoms with Gasteiger partial charge in [-0.05, 0) is 48.7 Å². The van der Waals surface area contributed by atoms with Gasteiger partial charge >= 0.3 is 0 Å². The zero-order chi connectivity index (χ0) is 29.5. The second-order valence-corrected chi connectivity index (χ2v) is 12.2. The molecule has 0 saturated heterocycles. The van der Waals surface area contributed by atoms with Crippen molar-refractivity contribution in [1.82, 2.24) is 9.13 Å². The summed E-state index contributed by atoms with van der Waals surface area (Å²) in [6.45, 7) is 2.17. The van der Waals surface area contributed by atoms with Crippen LogP contribution in [0.4, 0.5) is 10.1 Å². The predicted octanol–water partition coefficient (Wildman–Crippen LogP) is 6.08. The smallest absolute Gasteiger partial charge is 0.271 e. The zero-order valence-corrected chi connectivity index (χ0v) is 24.7. The van der Waals surface area contributed by atoms with Gasteiger partial charge in [0.05, 0.1) is 22.3 Å². The summed E-state index contributed by atoms with van der Waals surface area (Å²) < 4.78 is 18.6. The first-order valence-corrected chi connectivity index (χ1v) is 15.4. The lowest BCUT2D eigenvalue weighted by Crippen LogP contribution is -2.40. The Kier molecular flexibility index (Phi) is 6.96. The number of aromatic nitrogens is 2. The highest BCUT2D eigenvalue weighted by Crippen LogP contribution is 2.33. The van der Waals surface area contributed by atoms with Crippen LogP contribution >= 0.6 is 22.7 Å². The van der Waals surface area contributed by atoms with Crippen molar-refractivity contribution in [3.8, 4) is 0 Å². The quantitative estimate of drug-likeness (QED) is 0.251. The number of para-hydroxylation sites is 2. The van der Waals surface area contributed by atoms with Gasteiger partial charge in [0.15, 0.2) is 4.80 Å². The lowest BCUT2D eigenvalue weighted by atomic mass is 10.0. The van der Waals surface area contributed by atoms with Crippen LogP contribution in [0, 0.1) is 5.82 Å². The van der Waals surface area contributed by atoms with Crippen molar-refractivity contribution in [2.75, 3.05) is 5.32 Å². The molecule has 0 radical (unpaired) electrons. The van der Waals surface area contributed by atoms with Gasteiger partial charge in [-0.2, -0.15) is 0 Å². The lowest BCUT2D eigenvalue weighted by Gasteiger charge is -2.24. The molecular formula is C34H25FN4O2S2. The number of allylic oxidation sites excluding steroid dienone is 1. The van der Waals surface area contributed by atoms with Gasteiger partial charge in [0.1, 0.15) is 11.9 Å². The van der Waals surface area contributed by atoms with E-state index in [4.69, 9.17) is 4.99 Å². The average Bonchev–Trinajstić information content (AvgIpc) is 3.74. The van der Waals surface area contributed by atoms with Crippen LogP contribution in [-0.2, 0) is 11.3 Å². The minimum absolute atomic E-state index is 0.217. The fourth-order valence-corrected chi connectivity index (χ4v) is 7.38. The number of thiophene rings is 1. The molecule has 212 valence electrons. The number of amides is 1. The van der Waals surface area contributed by atoms with Gasteiger partial charge in [-0.15, -0.1) is 11.3 Å². The van der Waals surface area contributed by atoms with E-state index in [0.29, 0.717) is 38.4 Å². The summed E-state index contributed by atoms with van der Waals surface area (Å²) in [4.78, 5) is 33.9. The molecule has 6 aromatic rings. The number of nitrogens with zero attached hydrogens (tertiary/aromatic N) is 3. The third-order valence-electron chi connectivity index (χ3n) is 7.52.